The van der Waals surface area contributed by atoms with Gasteiger partial charge in [0.2, 0.25) is 0 Å². The number of anilines is 3. The molecular weight excluding hydrogens is 348 g/mol. The number of rotatable bonds is 5. The quantitative estimate of drug-likeness (QED) is 0.712. The monoisotopic (exact) mass is 368 g/mol. The summed E-state index contributed by atoms with van der Waals surface area (Å²) in [5, 5.41) is 11.1. The Bertz CT molecular complexity index is 1010. The predicted molar refractivity (Wildman–Crippen MR) is 103 cm³/mol. The molecule has 2 aromatic carbocycles. The van der Waals surface area contributed by atoms with Gasteiger partial charge in [0.15, 0.2) is 11.6 Å². The van der Waals surface area contributed by atoms with Gasteiger partial charge in [-0.05, 0) is 56.7 Å². The summed E-state index contributed by atoms with van der Waals surface area (Å²) < 4.78 is 27.6. The minimum atomic E-state index is -3.71. The predicted octanol–water partition coefficient (Wildman–Crippen LogP) is 3.95. The highest BCUT2D eigenvalue weighted by Gasteiger charge is 2.17. The first-order valence-electron chi connectivity index (χ1n) is 8.11. The van der Waals surface area contributed by atoms with Crippen LogP contribution in [0.4, 0.5) is 17.3 Å². The summed E-state index contributed by atoms with van der Waals surface area (Å²) in [6, 6.07) is 16.3. The van der Waals surface area contributed by atoms with Gasteiger partial charge in [0.05, 0.1) is 4.90 Å². The summed E-state index contributed by atoms with van der Waals surface area (Å²) in [5.41, 5.74) is 3.74. The van der Waals surface area contributed by atoms with Crippen molar-refractivity contribution in [2.24, 2.45) is 0 Å². The smallest absolute Gasteiger partial charge is 0.263 e. The standard InChI is InChI=1S/C19H20N4O2S/c1-13-4-7-16(8-5-13)20-18-10-11-19(22-21-18)23-26(24,25)17-9-6-14(2)12-15(17)3/h4-12H,1-3H3,(H,20,21)(H,22,23). The van der Waals surface area contributed by atoms with Crippen molar-refractivity contribution in [1.29, 1.82) is 0 Å². The van der Waals surface area contributed by atoms with Crippen molar-refractivity contribution in [3.8, 4) is 0 Å². The molecule has 7 heteroatoms. The molecule has 0 spiro atoms. The second-order valence-electron chi connectivity index (χ2n) is 6.17. The van der Waals surface area contributed by atoms with Gasteiger partial charge in [-0.1, -0.05) is 35.4 Å². The van der Waals surface area contributed by atoms with Crippen LogP contribution in [0.25, 0.3) is 0 Å². The first-order chi connectivity index (χ1) is 12.3. The molecule has 0 bridgehead atoms. The minimum Gasteiger partial charge on any atom is -0.339 e. The molecule has 6 nitrogen and oxygen atoms in total. The van der Waals surface area contributed by atoms with Gasteiger partial charge in [0.25, 0.3) is 10.0 Å². The van der Waals surface area contributed by atoms with Gasteiger partial charge in [-0.25, -0.2) is 8.42 Å². The van der Waals surface area contributed by atoms with Gasteiger partial charge < -0.3 is 5.32 Å². The van der Waals surface area contributed by atoms with Crippen molar-refractivity contribution in [1.82, 2.24) is 10.2 Å². The normalized spacial score (nSPS) is 11.2. The molecule has 0 fully saturated rings. The fourth-order valence-corrected chi connectivity index (χ4v) is 3.76. The van der Waals surface area contributed by atoms with E-state index < -0.39 is 10.0 Å². The molecule has 0 amide bonds. The molecule has 3 aromatic rings. The second-order valence-corrected chi connectivity index (χ2v) is 7.82. The molecule has 1 heterocycles. The number of aromatic nitrogens is 2. The zero-order valence-electron chi connectivity index (χ0n) is 14.8. The fourth-order valence-electron chi connectivity index (χ4n) is 2.53. The number of nitrogens with one attached hydrogen (secondary N) is 2. The summed E-state index contributed by atoms with van der Waals surface area (Å²) in [4.78, 5) is 0.228. The molecule has 0 aliphatic rings. The van der Waals surface area contributed by atoms with E-state index in [1.807, 2.05) is 44.2 Å². The number of hydrogen-bond donors (Lipinski definition) is 2. The van der Waals surface area contributed by atoms with E-state index in [0.717, 1.165) is 16.8 Å². The first-order valence-corrected chi connectivity index (χ1v) is 9.59. The summed E-state index contributed by atoms with van der Waals surface area (Å²) >= 11 is 0. The van der Waals surface area contributed by atoms with E-state index in [1.54, 1.807) is 31.2 Å². The molecule has 134 valence electrons. The van der Waals surface area contributed by atoms with Crippen molar-refractivity contribution in [2.75, 3.05) is 10.0 Å². The SMILES string of the molecule is Cc1ccc(Nc2ccc(NS(=O)(=O)c3ccc(C)cc3C)nn2)cc1. The number of hydrogen-bond acceptors (Lipinski definition) is 5. The van der Waals surface area contributed by atoms with E-state index in [-0.39, 0.29) is 10.7 Å². The maximum absolute atomic E-state index is 12.5. The zero-order valence-corrected chi connectivity index (χ0v) is 15.6. The summed E-state index contributed by atoms with van der Waals surface area (Å²) in [5.74, 6) is 0.697. The van der Waals surface area contributed by atoms with Crippen LogP contribution in [-0.2, 0) is 10.0 Å². The third-order valence-corrected chi connectivity index (χ3v) is 5.36. The van der Waals surface area contributed by atoms with Crippen LogP contribution in [-0.4, -0.2) is 18.6 Å². The van der Waals surface area contributed by atoms with Crippen LogP contribution in [0.15, 0.2) is 59.5 Å². The third kappa shape index (κ3) is 4.18. The van der Waals surface area contributed by atoms with Gasteiger partial charge in [-0.3, -0.25) is 4.72 Å². The first kappa shape index (κ1) is 17.9. The average Bonchev–Trinajstić information content (AvgIpc) is 2.58. The molecule has 0 unspecified atom stereocenters. The molecule has 0 aliphatic carbocycles. The van der Waals surface area contributed by atoms with Crippen LogP contribution in [0.3, 0.4) is 0 Å². The Morgan fingerprint density at radius 3 is 2.00 bits per heavy atom. The van der Waals surface area contributed by atoms with Crippen molar-refractivity contribution in [3.63, 3.8) is 0 Å². The number of aryl methyl sites for hydroxylation is 3. The highest BCUT2D eigenvalue weighted by atomic mass is 32.2. The van der Waals surface area contributed by atoms with Gasteiger partial charge in [-0.2, -0.15) is 0 Å². The van der Waals surface area contributed by atoms with Crippen molar-refractivity contribution in [2.45, 2.75) is 25.7 Å². The van der Waals surface area contributed by atoms with Crippen LogP contribution in [0.2, 0.25) is 0 Å². The summed E-state index contributed by atoms with van der Waals surface area (Å²) in [6.07, 6.45) is 0. The molecule has 2 N–H and O–H groups in total. The van der Waals surface area contributed by atoms with E-state index >= 15 is 0 Å². The van der Waals surface area contributed by atoms with E-state index in [9.17, 15) is 8.42 Å². The Morgan fingerprint density at radius 2 is 1.38 bits per heavy atom. The van der Waals surface area contributed by atoms with Gasteiger partial charge >= 0.3 is 0 Å². The van der Waals surface area contributed by atoms with Crippen LogP contribution >= 0.6 is 0 Å². The Labute approximate surface area is 153 Å². The largest absolute Gasteiger partial charge is 0.339 e. The molecule has 0 aliphatic heterocycles. The van der Waals surface area contributed by atoms with Crippen molar-refractivity contribution < 1.29 is 8.42 Å². The Kier molecular flexibility index (Phi) is 4.90. The highest BCUT2D eigenvalue weighted by molar-refractivity contribution is 7.92. The molecule has 1 aromatic heterocycles. The number of sulfonamides is 1. The fraction of sp³-hybridized carbons (Fsp3) is 0.158. The third-order valence-electron chi connectivity index (χ3n) is 3.85. The zero-order chi connectivity index (χ0) is 18.7. The minimum absolute atomic E-state index is 0.166. The summed E-state index contributed by atoms with van der Waals surface area (Å²) in [7, 11) is -3.71. The number of benzene rings is 2. The molecule has 0 atom stereocenters. The second kappa shape index (κ2) is 7.13. The van der Waals surface area contributed by atoms with Gasteiger partial charge in [-0.15, -0.1) is 10.2 Å². The van der Waals surface area contributed by atoms with Gasteiger partial charge in [0, 0.05) is 5.69 Å². The lowest BCUT2D eigenvalue weighted by Crippen LogP contribution is -2.15. The lowest BCUT2D eigenvalue weighted by atomic mass is 10.2. The van der Waals surface area contributed by atoms with E-state index in [0.29, 0.717) is 11.4 Å². The lowest BCUT2D eigenvalue weighted by molar-refractivity contribution is 0.600. The number of nitrogens with zero attached hydrogens (tertiary/aromatic N) is 2. The molecule has 0 saturated carbocycles. The van der Waals surface area contributed by atoms with Crippen LogP contribution in [0.1, 0.15) is 16.7 Å². The Balaban J connectivity index is 1.75. The Morgan fingerprint density at radius 1 is 0.769 bits per heavy atom. The molecule has 0 radical (unpaired) electrons. The molecule has 26 heavy (non-hydrogen) atoms. The average molecular weight is 368 g/mol. The molecular formula is C19H20N4O2S. The topological polar surface area (TPSA) is 84.0 Å². The van der Waals surface area contributed by atoms with E-state index in [2.05, 4.69) is 20.2 Å². The van der Waals surface area contributed by atoms with E-state index in [1.165, 1.54) is 0 Å². The highest BCUT2D eigenvalue weighted by Crippen LogP contribution is 2.20. The van der Waals surface area contributed by atoms with E-state index in [4.69, 9.17) is 0 Å². The summed E-state index contributed by atoms with van der Waals surface area (Å²) in [6.45, 7) is 5.70. The maximum Gasteiger partial charge on any atom is 0.263 e. The van der Waals surface area contributed by atoms with Crippen LogP contribution in [0, 0.1) is 20.8 Å². The lowest BCUT2D eigenvalue weighted by Gasteiger charge is -2.10. The van der Waals surface area contributed by atoms with Gasteiger partial charge in [0.1, 0.15) is 0 Å². The maximum atomic E-state index is 12.5. The van der Waals surface area contributed by atoms with Crippen molar-refractivity contribution in [3.05, 3.63) is 71.3 Å². The molecule has 3 rings (SSSR count). The van der Waals surface area contributed by atoms with Crippen LogP contribution in [0.5, 0.6) is 0 Å². The molecule has 0 saturated heterocycles. The van der Waals surface area contributed by atoms with Crippen molar-refractivity contribution >= 4 is 27.3 Å². The Hall–Kier alpha value is -2.93. The van der Waals surface area contributed by atoms with Crippen LogP contribution < -0.4 is 10.0 Å².